The molecule has 1 heterocycles. The van der Waals surface area contributed by atoms with E-state index >= 15 is 0 Å². The molecule has 0 radical (unpaired) electrons. The van der Waals surface area contributed by atoms with Crippen molar-refractivity contribution in [3.8, 4) is 5.75 Å². The van der Waals surface area contributed by atoms with Crippen molar-refractivity contribution in [3.05, 3.63) is 70.2 Å². The monoisotopic (exact) mass is 436 g/mol. The fraction of sp³-hybridized carbons (Fsp3) is 0.208. The lowest BCUT2D eigenvalue weighted by atomic mass is 9.94. The van der Waals surface area contributed by atoms with Crippen LogP contribution >= 0.6 is 11.6 Å². The largest absolute Gasteiger partial charge is 0.495 e. The Morgan fingerprint density at radius 3 is 2.32 bits per heavy atom. The quantitative estimate of drug-likeness (QED) is 0.562. The van der Waals surface area contributed by atoms with Gasteiger partial charge in [0.15, 0.2) is 0 Å². The third-order valence-corrected chi connectivity index (χ3v) is 5.80. The number of halogens is 1. The summed E-state index contributed by atoms with van der Waals surface area (Å²) in [6, 6.07) is 14.2. The first-order valence-electron chi connectivity index (χ1n) is 9.92. The number of hydrogen-bond donors (Lipinski definition) is 1. The van der Waals surface area contributed by atoms with Gasteiger partial charge < -0.3 is 10.1 Å². The molecule has 6 nitrogen and oxygen atoms in total. The molecule has 3 aromatic carbocycles. The molecule has 158 valence electrons. The minimum absolute atomic E-state index is 0.147. The second-order valence-corrected chi connectivity index (χ2v) is 7.83. The average Bonchev–Trinajstić information content (AvgIpc) is 2.76. The smallest absolute Gasteiger partial charge is 0.261 e. The summed E-state index contributed by atoms with van der Waals surface area (Å²) in [5, 5.41) is 4.92. The molecular formula is C24H21ClN2O4. The summed E-state index contributed by atoms with van der Waals surface area (Å²) in [6.07, 6.45) is 0.490. The van der Waals surface area contributed by atoms with Crippen LogP contribution < -0.4 is 10.1 Å². The number of ether oxygens (including phenoxy) is 1. The molecule has 3 amide bonds. The van der Waals surface area contributed by atoms with E-state index in [-0.39, 0.29) is 30.7 Å². The number of anilines is 1. The Morgan fingerprint density at radius 1 is 1.06 bits per heavy atom. The molecule has 0 saturated heterocycles. The van der Waals surface area contributed by atoms with Gasteiger partial charge in [-0.15, -0.1) is 0 Å². The van der Waals surface area contributed by atoms with E-state index < -0.39 is 0 Å². The van der Waals surface area contributed by atoms with Gasteiger partial charge in [-0.1, -0.05) is 35.9 Å². The van der Waals surface area contributed by atoms with Crippen LogP contribution in [-0.4, -0.2) is 36.3 Å². The SMILES string of the molecule is COc1cc(Cl)c(C)cc1NC(=O)CCCN1C(=O)c2cccc3cccc(c23)C1=O. The fourth-order valence-electron chi connectivity index (χ4n) is 3.82. The van der Waals surface area contributed by atoms with Crippen LogP contribution in [0.25, 0.3) is 10.8 Å². The zero-order valence-corrected chi connectivity index (χ0v) is 18.0. The summed E-state index contributed by atoms with van der Waals surface area (Å²) in [7, 11) is 1.50. The molecular weight excluding hydrogens is 416 g/mol. The van der Waals surface area contributed by atoms with Gasteiger partial charge in [-0.25, -0.2) is 0 Å². The van der Waals surface area contributed by atoms with Crippen molar-refractivity contribution < 1.29 is 19.1 Å². The maximum absolute atomic E-state index is 12.9. The highest BCUT2D eigenvalue weighted by atomic mass is 35.5. The van der Waals surface area contributed by atoms with E-state index in [1.54, 1.807) is 24.3 Å². The second kappa shape index (κ2) is 8.40. The van der Waals surface area contributed by atoms with Crippen molar-refractivity contribution in [2.24, 2.45) is 0 Å². The van der Waals surface area contributed by atoms with Crippen LogP contribution in [0.4, 0.5) is 5.69 Å². The minimum Gasteiger partial charge on any atom is -0.495 e. The molecule has 3 aromatic rings. The van der Waals surface area contributed by atoms with E-state index in [0.29, 0.717) is 39.4 Å². The first-order valence-corrected chi connectivity index (χ1v) is 10.3. The number of aryl methyl sites for hydroxylation is 1. The summed E-state index contributed by atoms with van der Waals surface area (Å²) < 4.78 is 5.27. The Balaban J connectivity index is 1.44. The molecule has 31 heavy (non-hydrogen) atoms. The number of hydrogen-bond acceptors (Lipinski definition) is 4. The predicted octanol–water partition coefficient (Wildman–Crippen LogP) is 4.83. The van der Waals surface area contributed by atoms with Crippen molar-refractivity contribution in [2.45, 2.75) is 19.8 Å². The van der Waals surface area contributed by atoms with Crippen LogP contribution in [0.5, 0.6) is 5.75 Å². The zero-order chi connectivity index (χ0) is 22.1. The number of nitrogens with one attached hydrogen (secondary N) is 1. The molecule has 1 aliphatic heterocycles. The van der Waals surface area contributed by atoms with E-state index in [2.05, 4.69) is 5.32 Å². The lowest BCUT2D eigenvalue weighted by Crippen LogP contribution is -2.41. The summed E-state index contributed by atoms with van der Waals surface area (Å²) in [4.78, 5) is 39.5. The van der Waals surface area contributed by atoms with Crippen molar-refractivity contribution >= 4 is 45.8 Å². The van der Waals surface area contributed by atoms with Crippen LogP contribution in [0.1, 0.15) is 39.1 Å². The molecule has 7 heteroatoms. The van der Waals surface area contributed by atoms with Gasteiger partial charge in [0.1, 0.15) is 5.75 Å². The van der Waals surface area contributed by atoms with Crippen molar-refractivity contribution in [3.63, 3.8) is 0 Å². The van der Waals surface area contributed by atoms with Crippen molar-refractivity contribution in [1.29, 1.82) is 0 Å². The molecule has 0 fully saturated rings. The lowest BCUT2D eigenvalue weighted by molar-refractivity contribution is -0.116. The Hall–Kier alpha value is -3.38. The lowest BCUT2D eigenvalue weighted by Gasteiger charge is -2.27. The van der Waals surface area contributed by atoms with E-state index in [0.717, 1.165) is 10.9 Å². The van der Waals surface area contributed by atoms with Crippen LogP contribution in [0.2, 0.25) is 5.02 Å². The maximum Gasteiger partial charge on any atom is 0.261 e. The average molecular weight is 437 g/mol. The molecule has 0 unspecified atom stereocenters. The number of imide groups is 1. The third kappa shape index (κ3) is 3.86. The van der Waals surface area contributed by atoms with Gasteiger partial charge in [0, 0.05) is 40.6 Å². The second-order valence-electron chi connectivity index (χ2n) is 7.42. The van der Waals surface area contributed by atoms with Crippen LogP contribution in [0.3, 0.4) is 0 Å². The molecule has 0 spiro atoms. The standard InChI is InChI=1S/C24H21ClN2O4/c1-14-12-19(20(31-2)13-18(14)25)26-21(28)10-5-11-27-23(29)16-8-3-6-15-7-4-9-17(22(15)16)24(27)30/h3-4,6-9,12-13H,5,10-11H2,1-2H3,(H,26,28). The van der Waals surface area contributed by atoms with Gasteiger partial charge in [-0.2, -0.15) is 0 Å². The van der Waals surface area contributed by atoms with Crippen LogP contribution in [0.15, 0.2) is 48.5 Å². The van der Waals surface area contributed by atoms with E-state index in [1.807, 2.05) is 31.2 Å². The summed E-state index contributed by atoms with van der Waals surface area (Å²) in [5.41, 5.74) is 2.37. The minimum atomic E-state index is -0.329. The van der Waals surface area contributed by atoms with E-state index in [9.17, 15) is 14.4 Å². The number of amides is 3. The molecule has 1 aliphatic rings. The molecule has 1 N–H and O–H groups in total. The summed E-state index contributed by atoms with van der Waals surface area (Å²) in [5.74, 6) is -0.427. The Bertz CT molecular complexity index is 1170. The Morgan fingerprint density at radius 2 is 1.71 bits per heavy atom. The van der Waals surface area contributed by atoms with Crippen molar-refractivity contribution in [2.75, 3.05) is 19.0 Å². The number of rotatable bonds is 6. The zero-order valence-electron chi connectivity index (χ0n) is 17.2. The molecule has 0 saturated carbocycles. The fourth-order valence-corrected chi connectivity index (χ4v) is 3.98. The summed E-state index contributed by atoms with van der Waals surface area (Å²) >= 11 is 6.10. The molecule has 0 atom stereocenters. The van der Waals surface area contributed by atoms with Gasteiger partial charge >= 0.3 is 0 Å². The number of carbonyl (C=O) groups excluding carboxylic acids is 3. The highest BCUT2D eigenvalue weighted by Crippen LogP contribution is 2.32. The van der Waals surface area contributed by atoms with Gasteiger partial charge in [0.05, 0.1) is 12.8 Å². The molecule has 0 bridgehead atoms. The van der Waals surface area contributed by atoms with E-state index in [1.165, 1.54) is 12.0 Å². The summed E-state index contributed by atoms with van der Waals surface area (Å²) in [6.45, 7) is 2.00. The number of nitrogens with zero attached hydrogens (tertiary/aromatic N) is 1. The number of methoxy groups -OCH3 is 1. The molecule has 4 rings (SSSR count). The van der Waals surface area contributed by atoms with Gasteiger partial charge in [-0.3, -0.25) is 19.3 Å². The Labute approximate surface area is 184 Å². The van der Waals surface area contributed by atoms with Gasteiger partial charge in [0.25, 0.3) is 11.8 Å². The van der Waals surface area contributed by atoms with Crippen LogP contribution in [-0.2, 0) is 4.79 Å². The molecule has 0 aliphatic carbocycles. The van der Waals surface area contributed by atoms with Gasteiger partial charge in [0.2, 0.25) is 5.91 Å². The molecule has 0 aromatic heterocycles. The number of carbonyl (C=O) groups is 3. The highest BCUT2D eigenvalue weighted by Gasteiger charge is 2.32. The topological polar surface area (TPSA) is 75.7 Å². The first kappa shape index (κ1) is 20.9. The third-order valence-electron chi connectivity index (χ3n) is 5.40. The van der Waals surface area contributed by atoms with Crippen molar-refractivity contribution in [1.82, 2.24) is 4.90 Å². The van der Waals surface area contributed by atoms with E-state index in [4.69, 9.17) is 16.3 Å². The predicted molar refractivity (Wildman–Crippen MR) is 120 cm³/mol. The Kier molecular flexibility index (Phi) is 5.65. The normalized spacial score (nSPS) is 12.9. The van der Waals surface area contributed by atoms with Crippen LogP contribution in [0, 0.1) is 6.92 Å². The highest BCUT2D eigenvalue weighted by molar-refractivity contribution is 6.31. The first-order chi connectivity index (χ1) is 14.9. The maximum atomic E-state index is 12.9. The number of benzene rings is 3. The van der Waals surface area contributed by atoms with Gasteiger partial charge in [-0.05, 0) is 42.5 Å².